The highest BCUT2D eigenvalue weighted by atomic mass is 19.1. The van der Waals surface area contributed by atoms with Crippen LogP contribution in [0.2, 0.25) is 0 Å². The normalized spacial score (nSPS) is 10.2. The minimum atomic E-state index is -0.420. The molecule has 3 amide bonds. The molecule has 0 radical (unpaired) electrons. The van der Waals surface area contributed by atoms with Crippen LogP contribution < -0.4 is 15.5 Å². The maximum absolute atomic E-state index is 13.0. The first-order chi connectivity index (χ1) is 17.0. The molecular weight excluding hydrogens is 447 g/mol. The molecule has 0 aliphatic heterocycles. The Morgan fingerprint density at radius 2 is 1.66 bits per heavy atom. The van der Waals surface area contributed by atoms with Crippen molar-refractivity contribution in [3.8, 4) is 6.07 Å². The van der Waals surface area contributed by atoms with Crippen LogP contribution in [-0.4, -0.2) is 24.3 Å². The number of nitrogens with one attached hydrogen (secondary N) is 2. The van der Waals surface area contributed by atoms with Gasteiger partial charge in [-0.2, -0.15) is 5.26 Å². The van der Waals surface area contributed by atoms with Gasteiger partial charge >= 0.3 is 0 Å². The Hall–Kier alpha value is -4.51. The van der Waals surface area contributed by atoms with Crippen molar-refractivity contribution < 1.29 is 18.8 Å². The molecule has 0 aromatic heterocycles. The minimum Gasteiger partial charge on any atom is -0.352 e. The molecule has 3 rings (SSSR count). The highest BCUT2D eigenvalue weighted by molar-refractivity contribution is 6.04. The average molecular weight is 473 g/mol. The quantitative estimate of drug-likeness (QED) is 0.456. The van der Waals surface area contributed by atoms with Gasteiger partial charge in [0.25, 0.3) is 5.91 Å². The van der Waals surface area contributed by atoms with Crippen molar-refractivity contribution in [3.05, 3.63) is 95.8 Å². The Labute approximate surface area is 203 Å². The fourth-order valence-corrected chi connectivity index (χ4v) is 3.38. The van der Waals surface area contributed by atoms with Crippen molar-refractivity contribution in [2.75, 3.05) is 16.8 Å². The van der Waals surface area contributed by atoms with Crippen molar-refractivity contribution in [2.45, 2.75) is 25.8 Å². The number of nitrogens with zero attached hydrogens (tertiary/aromatic N) is 2. The topological polar surface area (TPSA) is 102 Å². The number of carbonyl (C=O) groups excluding carboxylic acids is 3. The van der Waals surface area contributed by atoms with Gasteiger partial charge in [0.1, 0.15) is 5.82 Å². The van der Waals surface area contributed by atoms with Crippen LogP contribution in [0.3, 0.4) is 0 Å². The number of carbonyl (C=O) groups is 3. The maximum Gasteiger partial charge on any atom is 0.255 e. The first-order valence-electron chi connectivity index (χ1n) is 11.1. The fourth-order valence-electron chi connectivity index (χ4n) is 3.38. The summed E-state index contributed by atoms with van der Waals surface area (Å²) in [5.41, 5.74) is 2.32. The molecule has 0 saturated carbocycles. The fraction of sp³-hybridized carbons (Fsp3) is 0.185. The summed E-state index contributed by atoms with van der Waals surface area (Å²) >= 11 is 0. The van der Waals surface area contributed by atoms with Crippen LogP contribution in [0.25, 0.3) is 0 Å². The second-order valence-electron chi connectivity index (χ2n) is 7.73. The number of halogens is 1. The molecule has 0 atom stereocenters. The van der Waals surface area contributed by atoms with Crippen molar-refractivity contribution in [1.82, 2.24) is 5.32 Å². The Kier molecular flexibility index (Phi) is 9.08. The van der Waals surface area contributed by atoms with E-state index in [0.717, 1.165) is 5.56 Å². The van der Waals surface area contributed by atoms with Crippen molar-refractivity contribution in [3.63, 3.8) is 0 Å². The highest BCUT2D eigenvalue weighted by Crippen LogP contribution is 2.16. The standard InChI is InChI=1S/C27H25FN4O3/c28-22-12-10-21(11-13-22)27(35)31-23-7-4-6-20(18-23)19-30-25(33)14-15-26(34)32(17-5-16-29)24-8-2-1-3-9-24/h1-4,6-13,18H,5,14-15,17,19H2,(H,30,33)(H,31,35). The van der Waals surface area contributed by atoms with E-state index in [1.807, 2.05) is 24.3 Å². The molecule has 7 nitrogen and oxygen atoms in total. The third-order valence-corrected chi connectivity index (χ3v) is 5.16. The van der Waals surface area contributed by atoms with Crippen LogP contribution in [-0.2, 0) is 16.1 Å². The minimum absolute atomic E-state index is 0.00964. The van der Waals surface area contributed by atoms with Gasteiger partial charge in [-0.3, -0.25) is 14.4 Å². The maximum atomic E-state index is 13.0. The van der Waals surface area contributed by atoms with Gasteiger partial charge in [0.2, 0.25) is 11.8 Å². The lowest BCUT2D eigenvalue weighted by molar-refractivity contribution is -0.125. The van der Waals surface area contributed by atoms with E-state index in [2.05, 4.69) is 10.6 Å². The summed E-state index contributed by atoms with van der Waals surface area (Å²) in [4.78, 5) is 38.9. The second kappa shape index (κ2) is 12.7. The van der Waals surface area contributed by atoms with Crippen molar-refractivity contribution >= 4 is 29.1 Å². The third-order valence-electron chi connectivity index (χ3n) is 5.16. The molecule has 3 aromatic rings. The van der Waals surface area contributed by atoms with E-state index >= 15 is 0 Å². The van der Waals surface area contributed by atoms with Gasteiger partial charge in [-0.15, -0.1) is 0 Å². The Morgan fingerprint density at radius 1 is 0.914 bits per heavy atom. The lowest BCUT2D eigenvalue weighted by Crippen LogP contribution is -2.33. The Balaban J connectivity index is 1.50. The van der Waals surface area contributed by atoms with Gasteiger partial charge in [-0.1, -0.05) is 30.3 Å². The first kappa shape index (κ1) is 25.1. The summed E-state index contributed by atoms with van der Waals surface area (Å²) in [6.07, 6.45) is 0.219. The number of para-hydroxylation sites is 1. The van der Waals surface area contributed by atoms with Crippen LogP contribution in [0.1, 0.15) is 35.2 Å². The molecular formula is C27H25FN4O3. The second-order valence-corrected chi connectivity index (χ2v) is 7.73. The zero-order valence-electron chi connectivity index (χ0n) is 19.0. The van der Waals surface area contributed by atoms with Gasteiger partial charge in [-0.05, 0) is 54.1 Å². The molecule has 35 heavy (non-hydrogen) atoms. The van der Waals surface area contributed by atoms with E-state index in [-0.39, 0.29) is 50.1 Å². The van der Waals surface area contributed by atoms with E-state index in [9.17, 15) is 18.8 Å². The molecule has 0 aliphatic rings. The summed E-state index contributed by atoms with van der Waals surface area (Å²) in [7, 11) is 0. The molecule has 0 fully saturated rings. The van der Waals surface area contributed by atoms with Gasteiger partial charge in [0.05, 0.1) is 12.5 Å². The summed E-state index contributed by atoms with van der Waals surface area (Å²) in [5.74, 6) is -1.31. The molecule has 0 spiro atoms. The lowest BCUT2D eigenvalue weighted by atomic mass is 10.1. The summed E-state index contributed by atoms with van der Waals surface area (Å²) < 4.78 is 13.0. The molecule has 0 unspecified atom stereocenters. The van der Waals surface area contributed by atoms with Crippen molar-refractivity contribution in [2.24, 2.45) is 0 Å². The smallest absolute Gasteiger partial charge is 0.255 e. The predicted molar refractivity (Wildman–Crippen MR) is 131 cm³/mol. The molecule has 3 aromatic carbocycles. The monoisotopic (exact) mass is 472 g/mol. The Morgan fingerprint density at radius 3 is 2.37 bits per heavy atom. The number of hydrogen-bond donors (Lipinski definition) is 2. The van der Waals surface area contributed by atoms with E-state index in [4.69, 9.17) is 5.26 Å². The number of amides is 3. The predicted octanol–water partition coefficient (Wildman–Crippen LogP) is 4.42. The first-order valence-corrected chi connectivity index (χ1v) is 11.1. The molecule has 0 heterocycles. The van der Waals surface area contributed by atoms with E-state index in [0.29, 0.717) is 16.9 Å². The summed E-state index contributed by atoms with van der Waals surface area (Å²) in [6, 6.07) is 23.3. The Bertz CT molecular complexity index is 1210. The molecule has 0 bridgehead atoms. The number of hydrogen-bond acceptors (Lipinski definition) is 4. The number of rotatable bonds is 10. The largest absolute Gasteiger partial charge is 0.352 e. The van der Waals surface area contributed by atoms with E-state index in [1.54, 1.807) is 36.4 Å². The van der Waals surface area contributed by atoms with Crippen LogP contribution in [0.5, 0.6) is 0 Å². The van der Waals surface area contributed by atoms with Gasteiger partial charge < -0.3 is 15.5 Å². The third kappa shape index (κ3) is 7.79. The van der Waals surface area contributed by atoms with Gasteiger partial charge in [0.15, 0.2) is 0 Å². The molecule has 0 saturated heterocycles. The van der Waals surface area contributed by atoms with Gasteiger partial charge in [-0.25, -0.2) is 4.39 Å². The van der Waals surface area contributed by atoms with E-state index in [1.165, 1.54) is 29.2 Å². The number of benzene rings is 3. The average Bonchev–Trinajstić information content (AvgIpc) is 2.87. The lowest BCUT2D eigenvalue weighted by Gasteiger charge is -2.21. The molecule has 2 N–H and O–H groups in total. The van der Waals surface area contributed by atoms with E-state index < -0.39 is 5.82 Å². The van der Waals surface area contributed by atoms with Gasteiger partial charge in [0, 0.05) is 42.9 Å². The zero-order chi connectivity index (χ0) is 25.0. The van der Waals surface area contributed by atoms with Crippen LogP contribution in [0.4, 0.5) is 15.8 Å². The zero-order valence-corrected chi connectivity index (χ0v) is 19.0. The van der Waals surface area contributed by atoms with Crippen LogP contribution in [0, 0.1) is 17.1 Å². The SMILES string of the molecule is N#CCCN(C(=O)CCC(=O)NCc1cccc(NC(=O)c2ccc(F)cc2)c1)c1ccccc1. The van der Waals surface area contributed by atoms with Crippen LogP contribution >= 0.6 is 0 Å². The molecule has 8 heteroatoms. The number of nitriles is 1. The van der Waals surface area contributed by atoms with Crippen LogP contribution in [0.15, 0.2) is 78.9 Å². The molecule has 0 aliphatic carbocycles. The summed E-state index contributed by atoms with van der Waals surface area (Å²) in [5, 5.41) is 14.4. The molecule has 178 valence electrons. The highest BCUT2D eigenvalue weighted by Gasteiger charge is 2.16. The summed E-state index contributed by atoms with van der Waals surface area (Å²) in [6.45, 7) is 0.488. The van der Waals surface area contributed by atoms with Crippen molar-refractivity contribution in [1.29, 1.82) is 5.26 Å². The number of anilines is 2.